The third kappa shape index (κ3) is 2.27. The number of thioether (sulfide) groups is 1. The molecule has 1 aromatic carbocycles. The summed E-state index contributed by atoms with van der Waals surface area (Å²) in [5.41, 5.74) is 0.987. The lowest BCUT2D eigenvalue weighted by atomic mass is 10.2. The second-order valence-corrected chi connectivity index (χ2v) is 5.76. The topological polar surface area (TPSA) is 33.2 Å². The third-order valence-corrected chi connectivity index (χ3v) is 4.53. The van der Waals surface area contributed by atoms with E-state index >= 15 is 0 Å². The molecule has 3 nitrogen and oxygen atoms in total. The molecular formula is C14H10ClFN2OS. The summed E-state index contributed by atoms with van der Waals surface area (Å²) in [4.78, 5) is 17.6. The molecule has 102 valence electrons. The Bertz CT molecular complexity index is 633. The summed E-state index contributed by atoms with van der Waals surface area (Å²) < 4.78 is 14.1. The van der Waals surface area contributed by atoms with E-state index in [0.29, 0.717) is 5.75 Å². The van der Waals surface area contributed by atoms with Gasteiger partial charge >= 0.3 is 0 Å². The molecule has 0 saturated carbocycles. The lowest BCUT2D eigenvalue weighted by Crippen LogP contribution is -2.29. The molecule has 1 aliphatic rings. The molecule has 0 bridgehead atoms. The Hall–Kier alpha value is -1.59. The van der Waals surface area contributed by atoms with Crippen LogP contribution in [0.15, 0.2) is 42.7 Å². The Balaban J connectivity index is 2.08. The van der Waals surface area contributed by atoms with Crippen LogP contribution in [0, 0.1) is 5.82 Å². The van der Waals surface area contributed by atoms with E-state index < -0.39 is 5.82 Å². The van der Waals surface area contributed by atoms with Gasteiger partial charge in [0, 0.05) is 18.0 Å². The number of hydrogen-bond donors (Lipinski definition) is 0. The Morgan fingerprint density at radius 1 is 1.35 bits per heavy atom. The predicted octanol–water partition coefficient (Wildman–Crippen LogP) is 3.65. The molecule has 0 unspecified atom stereocenters. The summed E-state index contributed by atoms with van der Waals surface area (Å²) in [6.07, 6.45) is 3.34. The maximum atomic E-state index is 14.1. The monoisotopic (exact) mass is 308 g/mol. The highest BCUT2D eigenvalue weighted by molar-refractivity contribution is 8.00. The molecule has 0 N–H and O–H groups in total. The van der Waals surface area contributed by atoms with Crippen molar-refractivity contribution in [3.8, 4) is 0 Å². The van der Waals surface area contributed by atoms with E-state index in [4.69, 9.17) is 11.6 Å². The largest absolute Gasteiger partial charge is 0.291 e. The minimum atomic E-state index is -0.498. The fourth-order valence-electron chi connectivity index (χ4n) is 2.15. The molecule has 3 rings (SSSR count). The van der Waals surface area contributed by atoms with Gasteiger partial charge in [0.05, 0.1) is 16.5 Å². The van der Waals surface area contributed by atoms with Crippen molar-refractivity contribution >= 4 is 35.0 Å². The van der Waals surface area contributed by atoms with Crippen LogP contribution in [0.1, 0.15) is 10.9 Å². The van der Waals surface area contributed by atoms with Crippen molar-refractivity contribution in [2.24, 2.45) is 0 Å². The van der Waals surface area contributed by atoms with Crippen LogP contribution in [-0.4, -0.2) is 16.6 Å². The molecule has 2 heterocycles. The molecule has 1 saturated heterocycles. The van der Waals surface area contributed by atoms with Gasteiger partial charge in [-0.2, -0.15) is 0 Å². The highest BCUT2D eigenvalue weighted by atomic mass is 35.5. The standard InChI is InChI=1S/C14H10ClFN2OS/c15-10-4-1-5-11(16)13(10)18-12(19)8-20-14(18)9-3-2-6-17-7-9/h1-7,14H,8H2/t14-/m1/s1. The van der Waals surface area contributed by atoms with Gasteiger partial charge in [0.25, 0.3) is 0 Å². The van der Waals surface area contributed by atoms with Gasteiger partial charge < -0.3 is 0 Å². The number of aromatic nitrogens is 1. The molecule has 0 aliphatic carbocycles. The molecule has 0 radical (unpaired) electrons. The number of pyridine rings is 1. The molecule has 0 spiro atoms. The van der Waals surface area contributed by atoms with E-state index in [-0.39, 0.29) is 22.0 Å². The SMILES string of the molecule is O=C1CS[C@H](c2cccnc2)N1c1c(F)cccc1Cl. The van der Waals surface area contributed by atoms with E-state index in [9.17, 15) is 9.18 Å². The quantitative estimate of drug-likeness (QED) is 0.849. The summed E-state index contributed by atoms with van der Waals surface area (Å²) in [5.74, 6) is -0.359. The highest BCUT2D eigenvalue weighted by Gasteiger charge is 2.36. The average Bonchev–Trinajstić information content (AvgIpc) is 2.82. The summed E-state index contributed by atoms with van der Waals surface area (Å²) in [6, 6.07) is 8.06. The van der Waals surface area contributed by atoms with E-state index in [1.54, 1.807) is 24.5 Å². The molecule has 1 aliphatic heterocycles. The van der Waals surface area contributed by atoms with Crippen molar-refractivity contribution in [1.29, 1.82) is 0 Å². The average molecular weight is 309 g/mol. The molecule has 1 amide bonds. The van der Waals surface area contributed by atoms with Gasteiger partial charge in [-0.25, -0.2) is 4.39 Å². The van der Waals surface area contributed by atoms with Crippen LogP contribution in [0.4, 0.5) is 10.1 Å². The minimum absolute atomic E-state index is 0.137. The van der Waals surface area contributed by atoms with E-state index in [2.05, 4.69) is 4.98 Å². The summed E-state index contributed by atoms with van der Waals surface area (Å²) >= 11 is 7.50. The normalized spacial score (nSPS) is 18.6. The first-order valence-electron chi connectivity index (χ1n) is 5.96. The number of halogens is 2. The zero-order valence-electron chi connectivity index (χ0n) is 10.3. The number of amides is 1. The van der Waals surface area contributed by atoms with E-state index in [0.717, 1.165) is 5.56 Å². The van der Waals surface area contributed by atoms with E-state index in [1.807, 2.05) is 6.07 Å². The first kappa shape index (κ1) is 13.4. The zero-order valence-corrected chi connectivity index (χ0v) is 11.9. The van der Waals surface area contributed by atoms with Gasteiger partial charge in [-0.05, 0) is 18.2 Å². The van der Waals surface area contributed by atoms with Crippen molar-refractivity contribution in [2.75, 3.05) is 10.7 Å². The van der Waals surface area contributed by atoms with Crippen molar-refractivity contribution in [3.63, 3.8) is 0 Å². The van der Waals surface area contributed by atoms with Crippen LogP contribution in [0.3, 0.4) is 0 Å². The second-order valence-electron chi connectivity index (χ2n) is 4.28. The maximum absolute atomic E-state index is 14.1. The van der Waals surface area contributed by atoms with Crippen molar-refractivity contribution in [3.05, 3.63) is 59.1 Å². The number of rotatable bonds is 2. The number of para-hydroxylation sites is 1. The summed E-state index contributed by atoms with van der Waals surface area (Å²) in [6.45, 7) is 0. The van der Waals surface area contributed by atoms with Crippen LogP contribution in [0.25, 0.3) is 0 Å². The predicted molar refractivity (Wildman–Crippen MR) is 78.3 cm³/mol. The summed E-state index contributed by atoms with van der Waals surface area (Å²) in [5, 5.41) is -0.0691. The van der Waals surface area contributed by atoms with Crippen molar-refractivity contribution in [1.82, 2.24) is 4.98 Å². The first-order valence-corrected chi connectivity index (χ1v) is 7.39. The Kier molecular flexibility index (Phi) is 3.63. The molecule has 6 heteroatoms. The van der Waals surface area contributed by atoms with Crippen LogP contribution in [-0.2, 0) is 4.79 Å². The maximum Gasteiger partial charge on any atom is 0.238 e. The Morgan fingerprint density at radius 3 is 2.90 bits per heavy atom. The molecule has 1 aromatic heterocycles. The number of benzene rings is 1. The van der Waals surface area contributed by atoms with Gasteiger partial charge in [0.2, 0.25) is 5.91 Å². The minimum Gasteiger partial charge on any atom is -0.291 e. The van der Waals surface area contributed by atoms with Crippen LogP contribution in [0.5, 0.6) is 0 Å². The molecule has 20 heavy (non-hydrogen) atoms. The number of carbonyl (C=O) groups is 1. The van der Waals surface area contributed by atoms with Gasteiger partial charge in [-0.3, -0.25) is 14.7 Å². The van der Waals surface area contributed by atoms with Crippen molar-refractivity contribution < 1.29 is 9.18 Å². The lowest BCUT2D eigenvalue weighted by Gasteiger charge is -2.25. The lowest BCUT2D eigenvalue weighted by molar-refractivity contribution is -0.115. The van der Waals surface area contributed by atoms with Gasteiger partial charge in [-0.15, -0.1) is 11.8 Å². The van der Waals surface area contributed by atoms with Crippen LogP contribution in [0.2, 0.25) is 5.02 Å². The number of nitrogens with zero attached hydrogens (tertiary/aromatic N) is 2. The number of carbonyl (C=O) groups excluding carboxylic acids is 1. The fourth-order valence-corrected chi connectivity index (χ4v) is 3.55. The fraction of sp³-hybridized carbons (Fsp3) is 0.143. The van der Waals surface area contributed by atoms with Gasteiger partial charge in [-0.1, -0.05) is 23.7 Å². The molecule has 1 atom stereocenters. The molecule has 1 fully saturated rings. The van der Waals surface area contributed by atoms with Crippen molar-refractivity contribution in [2.45, 2.75) is 5.37 Å². The Morgan fingerprint density at radius 2 is 2.20 bits per heavy atom. The number of anilines is 1. The smallest absolute Gasteiger partial charge is 0.238 e. The number of hydrogen-bond acceptors (Lipinski definition) is 3. The van der Waals surface area contributed by atoms with Gasteiger partial charge in [0.1, 0.15) is 11.2 Å². The Labute approximate surface area is 124 Å². The first-order chi connectivity index (χ1) is 9.68. The molecule has 2 aromatic rings. The summed E-state index contributed by atoms with van der Waals surface area (Å²) in [7, 11) is 0. The van der Waals surface area contributed by atoms with E-state index in [1.165, 1.54) is 28.8 Å². The highest BCUT2D eigenvalue weighted by Crippen LogP contribution is 2.44. The second kappa shape index (κ2) is 5.42. The van der Waals surface area contributed by atoms with Gasteiger partial charge in [0.15, 0.2) is 0 Å². The third-order valence-electron chi connectivity index (χ3n) is 3.02. The van der Waals surface area contributed by atoms with Crippen LogP contribution < -0.4 is 4.90 Å². The molecular weight excluding hydrogens is 299 g/mol. The zero-order chi connectivity index (χ0) is 14.1. The van der Waals surface area contributed by atoms with Crippen LogP contribution >= 0.6 is 23.4 Å².